The highest BCUT2D eigenvalue weighted by Crippen LogP contribution is 2.36. The number of aromatic nitrogens is 3. The molecule has 0 bridgehead atoms. The minimum atomic E-state index is -4.04. The molecule has 10 nitrogen and oxygen atoms in total. The molecule has 2 aromatic carbocycles. The number of hydrogen-bond acceptors (Lipinski definition) is 8. The average Bonchev–Trinajstić information content (AvgIpc) is 3.47. The number of rotatable bonds is 7. The van der Waals surface area contributed by atoms with E-state index in [9.17, 15) is 8.42 Å². The number of methoxy groups -OCH3 is 2. The first-order chi connectivity index (χ1) is 16.0. The Hall–Kier alpha value is -3.57. The molecule has 0 spiro atoms. The third-order valence-corrected chi connectivity index (χ3v) is 6.86. The van der Waals surface area contributed by atoms with E-state index in [0.29, 0.717) is 42.9 Å². The predicted octanol–water partition coefficient (Wildman–Crippen LogP) is 2.96. The predicted molar refractivity (Wildman–Crippen MR) is 119 cm³/mol. The Bertz CT molecular complexity index is 1410. The van der Waals surface area contributed by atoms with E-state index in [-0.39, 0.29) is 16.5 Å². The molecule has 1 N–H and O–H groups in total. The van der Waals surface area contributed by atoms with Gasteiger partial charge in [0.2, 0.25) is 0 Å². The number of nitrogens with one attached hydrogen (secondary N) is 1. The van der Waals surface area contributed by atoms with Crippen molar-refractivity contribution in [2.45, 2.75) is 24.5 Å². The van der Waals surface area contributed by atoms with E-state index in [4.69, 9.17) is 18.7 Å². The molecule has 5 rings (SSSR count). The molecule has 0 amide bonds. The average molecular weight is 471 g/mol. The Kier molecular flexibility index (Phi) is 5.43. The van der Waals surface area contributed by atoms with Gasteiger partial charge in [-0.2, -0.15) is 5.10 Å². The van der Waals surface area contributed by atoms with Crippen LogP contribution < -0.4 is 14.2 Å². The number of hydrogen-bond donors (Lipinski definition) is 1. The van der Waals surface area contributed by atoms with Gasteiger partial charge in [0.05, 0.1) is 34.0 Å². The van der Waals surface area contributed by atoms with E-state index in [0.717, 1.165) is 16.7 Å². The first-order valence-electron chi connectivity index (χ1n) is 10.2. The van der Waals surface area contributed by atoms with Gasteiger partial charge in [-0.3, -0.25) is 9.40 Å². The number of sulfonamides is 1. The van der Waals surface area contributed by atoms with Crippen LogP contribution in [0.25, 0.3) is 11.0 Å². The molecule has 1 aliphatic rings. The van der Waals surface area contributed by atoms with Crippen LogP contribution in [0.4, 0.5) is 5.82 Å². The minimum Gasteiger partial charge on any atom is -0.496 e. The molecule has 0 unspecified atom stereocenters. The molecule has 0 aliphatic carbocycles. The lowest BCUT2D eigenvalue weighted by molar-refractivity contribution is 0.110. The molecule has 2 aromatic heterocycles. The Morgan fingerprint density at radius 2 is 1.97 bits per heavy atom. The summed E-state index contributed by atoms with van der Waals surface area (Å²) in [4.78, 5) is 0.0241. The fourth-order valence-electron chi connectivity index (χ4n) is 3.92. The van der Waals surface area contributed by atoms with Crippen LogP contribution in [0.5, 0.6) is 11.5 Å². The summed E-state index contributed by atoms with van der Waals surface area (Å²) in [7, 11) is -1.10. The molecule has 0 radical (unpaired) electrons. The maximum atomic E-state index is 13.3. The molecule has 0 atom stereocenters. The minimum absolute atomic E-state index is 0.0241. The van der Waals surface area contributed by atoms with Crippen LogP contribution in [-0.2, 0) is 34.3 Å². The zero-order valence-corrected chi connectivity index (χ0v) is 18.9. The first kappa shape index (κ1) is 21.3. The lowest BCUT2D eigenvalue weighted by atomic mass is 10.0. The van der Waals surface area contributed by atoms with Crippen LogP contribution in [0.15, 0.2) is 52.1 Å². The SMILES string of the molecule is COc1cc2c(cc1S(=O)(=O)Nc1noc3cc(Cn4cccn4)cc(OC)c13)CCOC2. The molecule has 33 heavy (non-hydrogen) atoms. The normalized spacial score (nSPS) is 13.6. The number of ether oxygens (including phenoxy) is 3. The van der Waals surface area contributed by atoms with Gasteiger partial charge in [-0.15, -0.1) is 0 Å². The Morgan fingerprint density at radius 1 is 1.12 bits per heavy atom. The Morgan fingerprint density at radius 3 is 2.73 bits per heavy atom. The smallest absolute Gasteiger partial charge is 0.266 e. The van der Waals surface area contributed by atoms with Crippen molar-refractivity contribution in [1.82, 2.24) is 14.9 Å². The van der Waals surface area contributed by atoms with Gasteiger partial charge in [0.25, 0.3) is 10.0 Å². The number of nitrogens with zero attached hydrogens (tertiary/aromatic N) is 3. The van der Waals surface area contributed by atoms with E-state index in [1.165, 1.54) is 14.2 Å². The van der Waals surface area contributed by atoms with Gasteiger partial charge in [-0.05, 0) is 53.4 Å². The van der Waals surface area contributed by atoms with Crippen LogP contribution in [0, 0.1) is 0 Å². The molecule has 0 saturated carbocycles. The summed E-state index contributed by atoms with van der Waals surface area (Å²) >= 11 is 0. The zero-order chi connectivity index (χ0) is 23.0. The third kappa shape index (κ3) is 4.00. The second-order valence-electron chi connectivity index (χ2n) is 7.59. The van der Waals surface area contributed by atoms with Gasteiger partial charge >= 0.3 is 0 Å². The van der Waals surface area contributed by atoms with Gasteiger partial charge < -0.3 is 18.7 Å². The second-order valence-corrected chi connectivity index (χ2v) is 9.24. The molecule has 1 aliphatic heterocycles. The molecule has 4 aromatic rings. The van der Waals surface area contributed by atoms with Crippen molar-refractivity contribution >= 4 is 26.8 Å². The quantitative estimate of drug-likeness (QED) is 0.438. The standard InChI is InChI=1S/C22H22N4O6S/c1-29-17-10-16-13-31-7-4-15(16)11-20(17)33(27,28)25-22-21-18(30-2)8-14(9-19(21)32-24-22)12-26-6-3-5-23-26/h3,5-6,8-11H,4,7,12-13H2,1-2H3,(H,24,25). The molecule has 172 valence electrons. The van der Waals surface area contributed by atoms with Gasteiger partial charge in [0.15, 0.2) is 11.4 Å². The number of fused-ring (bicyclic) bond motifs is 2. The maximum Gasteiger partial charge on any atom is 0.266 e. The largest absolute Gasteiger partial charge is 0.496 e. The summed E-state index contributed by atoms with van der Waals surface area (Å²) in [5.74, 6) is 0.701. The summed E-state index contributed by atoms with van der Waals surface area (Å²) in [6.45, 7) is 1.46. The van der Waals surface area contributed by atoms with Crippen LogP contribution in [0.1, 0.15) is 16.7 Å². The van der Waals surface area contributed by atoms with E-state index in [1.807, 2.05) is 12.3 Å². The summed E-state index contributed by atoms with van der Waals surface area (Å²) in [5, 5.41) is 8.59. The van der Waals surface area contributed by atoms with Crippen molar-refractivity contribution < 1.29 is 27.2 Å². The Balaban J connectivity index is 1.52. The molecular weight excluding hydrogens is 448 g/mol. The monoisotopic (exact) mass is 470 g/mol. The summed E-state index contributed by atoms with van der Waals surface area (Å²) in [5.41, 5.74) is 3.08. The lowest BCUT2D eigenvalue weighted by Gasteiger charge is -2.19. The summed E-state index contributed by atoms with van der Waals surface area (Å²) in [6, 6.07) is 8.74. The highest BCUT2D eigenvalue weighted by atomic mass is 32.2. The highest BCUT2D eigenvalue weighted by molar-refractivity contribution is 7.92. The molecule has 0 saturated heterocycles. The summed E-state index contributed by atoms with van der Waals surface area (Å²) in [6.07, 6.45) is 4.16. The first-order valence-corrected chi connectivity index (χ1v) is 11.7. The highest BCUT2D eigenvalue weighted by Gasteiger charge is 2.26. The van der Waals surface area contributed by atoms with Crippen molar-refractivity contribution in [1.29, 1.82) is 0 Å². The van der Waals surface area contributed by atoms with Crippen LogP contribution in [0.3, 0.4) is 0 Å². The second kappa shape index (κ2) is 8.41. The van der Waals surface area contributed by atoms with Crippen molar-refractivity contribution in [3.8, 4) is 11.5 Å². The van der Waals surface area contributed by atoms with E-state index in [2.05, 4.69) is 15.0 Å². The fraction of sp³-hybridized carbons (Fsp3) is 0.273. The van der Waals surface area contributed by atoms with Gasteiger partial charge in [-0.25, -0.2) is 8.42 Å². The fourth-order valence-corrected chi connectivity index (χ4v) is 5.13. The summed E-state index contributed by atoms with van der Waals surface area (Å²) < 4.78 is 52.7. The number of anilines is 1. The van der Waals surface area contributed by atoms with Crippen molar-refractivity contribution in [3.63, 3.8) is 0 Å². The van der Waals surface area contributed by atoms with E-state index < -0.39 is 10.0 Å². The number of benzene rings is 2. The molecule has 0 fully saturated rings. The van der Waals surface area contributed by atoms with E-state index >= 15 is 0 Å². The van der Waals surface area contributed by atoms with Crippen LogP contribution in [0.2, 0.25) is 0 Å². The van der Waals surface area contributed by atoms with E-state index in [1.54, 1.807) is 35.1 Å². The molecule has 11 heteroatoms. The molecular formula is C22H22N4O6S. The Labute approximate surface area is 190 Å². The zero-order valence-electron chi connectivity index (χ0n) is 18.1. The lowest BCUT2D eigenvalue weighted by Crippen LogP contribution is -2.17. The van der Waals surface area contributed by atoms with Crippen LogP contribution >= 0.6 is 0 Å². The van der Waals surface area contributed by atoms with Crippen molar-refractivity contribution in [2.24, 2.45) is 0 Å². The van der Waals surface area contributed by atoms with Gasteiger partial charge in [-0.1, -0.05) is 5.16 Å². The van der Waals surface area contributed by atoms with Crippen LogP contribution in [-0.4, -0.2) is 44.2 Å². The van der Waals surface area contributed by atoms with Gasteiger partial charge in [0.1, 0.15) is 21.8 Å². The van der Waals surface area contributed by atoms with Gasteiger partial charge in [0, 0.05) is 12.4 Å². The maximum absolute atomic E-state index is 13.3. The third-order valence-electron chi connectivity index (χ3n) is 5.50. The van der Waals surface area contributed by atoms with Crippen molar-refractivity contribution in [3.05, 3.63) is 59.4 Å². The molecule has 3 heterocycles. The topological polar surface area (TPSA) is 118 Å². The van der Waals surface area contributed by atoms with Crippen molar-refractivity contribution in [2.75, 3.05) is 25.5 Å².